The summed E-state index contributed by atoms with van der Waals surface area (Å²) in [6, 6.07) is 78.4. The molecule has 274 valence electrons. The largest absolute Gasteiger partial charge is 0.310 e. The molecule has 0 atom stereocenters. The minimum absolute atomic E-state index is 0.292. The van der Waals surface area contributed by atoms with Crippen LogP contribution < -0.4 is 9.80 Å². The Labute approximate surface area is 338 Å². The number of halogens is 1. The molecule has 2 aliphatic carbocycles. The zero-order chi connectivity index (χ0) is 38.6. The van der Waals surface area contributed by atoms with Gasteiger partial charge in [0.25, 0.3) is 0 Å². The number of nitrogens with zero attached hydrogens (tertiary/aromatic N) is 2. The summed E-state index contributed by atoms with van der Waals surface area (Å²) < 4.78 is 15.5. The molecule has 0 bridgehead atoms. The molecule has 0 N–H and O–H groups in total. The summed E-state index contributed by atoms with van der Waals surface area (Å²) in [6.45, 7) is 0. The van der Waals surface area contributed by atoms with E-state index in [-0.39, 0.29) is 5.82 Å². The minimum atomic E-state index is -0.456. The summed E-state index contributed by atoms with van der Waals surface area (Å²) in [5.41, 5.74) is 17.4. The number of para-hydroxylation sites is 2. The molecule has 11 rings (SSSR count). The van der Waals surface area contributed by atoms with Gasteiger partial charge in [0, 0.05) is 28.3 Å². The van der Waals surface area contributed by atoms with Gasteiger partial charge in [-0.2, -0.15) is 0 Å². The fourth-order valence-corrected chi connectivity index (χ4v) is 9.65. The van der Waals surface area contributed by atoms with Crippen LogP contribution in [0.25, 0.3) is 33.4 Å². The molecule has 58 heavy (non-hydrogen) atoms. The van der Waals surface area contributed by atoms with Crippen molar-refractivity contribution in [1.82, 2.24) is 0 Å². The second-order valence-electron chi connectivity index (χ2n) is 15.0. The predicted octanol–water partition coefficient (Wildman–Crippen LogP) is 14.8. The van der Waals surface area contributed by atoms with E-state index in [1.54, 1.807) is 12.1 Å². The van der Waals surface area contributed by atoms with E-state index in [9.17, 15) is 0 Å². The molecule has 0 unspecified atom stereocenters. The number of rotatable bonds is 7. The molecule has 3 heteroatoms. The Morgan fingerprint density at radius 3 is 1.28 bits per heavy atom. The number of anilines is 6. The first kappa shape index (κ1) is 33.8. The van der Waals surface area contributed by atoms with Crippen LogP contribution in [0.15, 0.2) is 224 Å². The van der Waals surface area contributed by atoms with E-state index in [1.165, 1.54) is 50.6 Å². The lowest BCUT2D eigenvalue weighted by atomic mass is 9.70. The van der Waals surface area contributed by atoms with E-state index in [4.69, 9.17) is 0 Å². The van der Waals surface area contributed by atoms with Crippen LogP contribution >= 0.6 is 0 Å². The molecule has 0 amide bonds. The van der Waals surface area contributed by atoms with Gasteiger partial charge in [-0.25, -0.2) is 4.39 Å². The van der Waals surface area contributed by atoms with E-state index in [1.807, 2.05) is 18.2 Å². The van der Waals surface area contributed by atoms with Crippen LogP contribution in [-0.4, -0.2) is 0 Å². The van der Waals surface area contributed by atoms with Crippen LogP contribution in [0.3, 0.4) is 0 Å². The fraction of sp³-hybridized carbons (Fsp3) is 0.0182. The van der Waals surface area contributed by atoms with E-state index in [2.05, 4.69) is 198 Å². The van der Waals surface area contributed by atoms with E-state index in [0.717, 1.165) is 45.3 Å². The smallest absolute Gasteiger partial charge is 0.125 e. The first-order valence-corrected chi connectivity index (χ1v) is 19.8. The minimum Gasteiger partial charge on any atom is -0.310 e. The Morgan fingerprint density at radius 2 is 0.724 bits per heavy atom. The molecule has 2 aliphatic rings. The highest BCUT2D eigenvalue weighted by Gasteiger charge is 2.51. The molecule has 0 fully saturated rings. The van der Waals surface area contributed by atoms with Crippen molar-refractivity contribution in [2.24, 2.45) is 0 Å². The Hall–Kier alpha value is -7.49. The van der Waals surface area contributed by atoms with Gasteiger partial charge in [0.15, 0.2) is 0 Å². The lowest BCUT2D eigenvalue weighted by Gasteiger charge is -2.33. The highest BCUT2D eigenvalue weighted by atomic mass is 19.1. The molecule has 0 aliphatic heterocycles. The SMILES string of the molecule is Fc1cccc(N(c2ccc3c(c2)-c2ccccc2C32c3ccccc3-c3ccccc32)c2cccc(N(c3ccccc3)c3ccccc3)c2-c2ccccc2)c1. The normalized spacial score (nSPS) is 12.7. The number of fused-ring (bicyclic) bond motifs is 10. The zero-order valence-corrected chi connectivity index (χ0v) is 31.6. The molecule has 1 spiro atoms. The highest BCUT2D eigenvalue weighted by Crippen LogP contribution is 2.63. The van der Waals surface area contributed by atoms with Crippen molar-refractivity contribution >= 4 is 34.1 Å². The Balaban J connectivity index is 1.19. The Bertz CT molecular complexity index is 2890. The third-order valence-corrected chi connectivity index (χ3v) is 11.9. The summed E-state index contributed by atoms with van der Waals surface area (Å²) in [7, 11) is 0. The molecule has 0 aromatic heterocycles. The third kappa shape index (κ3) is 5.10. The summed E-state index contributed by atoms with van der Waals surface area (Å²) in [6.07, 6.45) is 0. The molecule has 2 nitrogen and oxygen atoms in total. The van der Waals surface area contributed by atoms with Gasteiger partial charge in [-0.15, -0.1) is 0 Å². The van der Waals surface area contributed by atoms with Gasteiger partial charge in [-0.1, -0.05) is 158 Å². The average Bonchev–Trinajstić information content (AvgIpc) is 3.75. The first-order valence-electron chi connectivity index (χ1n) is 19.8. The van der Waals surface area contributed by atoms with Crippen LogP contribution in [0.4, 0.5) is 38.5 Å². The summed E-state index contributed by atoms with van der Waals surface area (Å²) in [5, 5.41) is 0. The van der Waals surface area contributed by atoms with Gasteiger partial charge in [-0.05, 0) is 117 Å². The van der Waals surface area contributed by atoms with Crippen LogP contribution in [-0.2, 0) is 5.41 Å². The van der Waals surface area contributed by atoms with Crippen molar-refractivity contribution in [1.29, 1.82) is 0 Å². The van der Waals surface area contributed by atoms with Crippen molar-refractivity contribution in [2.75, 3.05) is 9.80 Å². The molecular formula is C55H37FN2. The second kappa shape index (κ2) is 13.6. The zero-order valence-electron chi connectivity index (χ0n) is 31.6. The highest BCUT2D eigenvalue weighted by molar-refractivity contribution is 6.00. The lowest BCUT2D eigenvalue weighted by Crippen LogP contribution is -2.25. The Kier molecular flexibility index (Phi) is 7.94. The lowest BCUT2D eigenvalue weighted by molar-refractivity contribution is 0.628. The van der Waals surface area contributed by atoms with Crippen LogP contribution in [0.1, 0.15) is 22.3 Å². The average molecular weight is 745 g/mol. The molecular weight excluding hydrogens is 708 g/mol. The van der Waals surface area contributed by atoms with Crippen LogP contribution in [0, 0.1) is 5.82 Å². The summed E-state index contributed by atoms with van der Waals surface area (Å²) >= 11 is 0. The molecule has 0 saturated carbocycles. The van der Waals surface area contributed by atoms with Gasteiger partial charge in [0.05, 0.1) is 16.8 Å². The third-order valence-electron chi connectivity index (χ3n) is 11.9. The van der Waals surface area contributed by atoms with Crippen molar-refractivity contribution in [2.45, 2.75) is 5.41 Å². The van der Waals surface area contributed by atoms with Crippen LogP contribution in [0.5, 0.6) is 0 Å². The fourth-order valence-electron chi connectivity index (χ4n) is 9.65. The molecule has 0 radical (unpaired) electrons. The number of benzene rings is 9. The van der Waals surface area contributed by atoms with Gasteiger partial charge < -0.3 is 9.80 Å². The van der Waals surface area contributed by atoms with Crippen molar-refractivity contribution in [3.05, 3.63) is 253 Å². The predicted molar refractivity (Wildman–Crippen MR) is 237 cm³/mol. The number of hydrogen-bond acceptors (Lipinski definition) is 2. The molecule has 9 aromatic rings. The maximum atomic E-state index is 15.5. The van der Waals surface area contributed by atoms with Crippen molar-refractivity contribution < 1.29 is 4.39 Å². The summed E-state index contributed by atoms with van der Waals surface area (Å²) in [4.78, 5) is 4.54. The van der Waals surface area contributed by atoms with Crippen molar-refractivity contribution in [3.8, 4) is 33.4 Å². The van der Waals surface area contributed by atoms with E-state index < -0.39 is 5.41 Å². The molecule has 0 heterocycles. The first-order chi connectivity index (χ1) is 28.7. The standard InChI is InChI=1S/C55H37FN2/c56-39-20-16-25-42(36-39)58(53-33-17-32-52(54(53)38-18-4-1-5-19-38)57(40-21-6-2-7-22-40)41-23-8-3-9-24-41)43-34-35-51-47(37-43)46-28-12-15-31-50(46)55(51)48-29-13-10-26-44(48)45-27-11-14-30-49(45)55/h1-37H. The topological polar surface area (TPSA) is 6.48 Å². The van der Waals surface area contributed by atoms with E-state index >= 15 is 4.39 Å². The number of hydrogen-bond donors (Lipinski definition) is 0. The van der Waals surface area contributed by atoms with Gasteiger partial charge in [-0.3, -0.25) is 0 Å². The van der Waals surface area contributed by atoms with E-state index in [0.29, 0.717) is 0 Å². The molecule has 0 saturated heterocycles. The summed E-state index contributed by atoms with van der Waals surface area (Å²) in [5.74, 6) is -0.292. The quantitative estimate of drug-likeness (QED) is 0.160. The molecule has 9 aromatic carbocycles. The van der Waals surface area contributed by atoms with Gasteiger partial charge >= 0.3 is 0 Å². The van der Waals surface area contributed by atoms with Crippen LogP contribution in [0.2, 0.25) is 0 Å². The monoisotopic (exact) mass is 744 g/mol. The van der Waals surface area contributed by atoms with Gasteiger partial charge in [0.1, 0.15) is 5.82 Å². The maximum Gasteiger partial charge on any atom is 0.125 e. The van der Waals surface area contributed by atoms with Crippen molar-refractivity contribution in [3.63, 3.8) is 0 Å². The van der Waals surface area contributed by atoms with Gasteiger partial charge in [0.2, 0.25) is 0 Å². The Morgan fingerprint density at radius 1 is 0.310 bits per heavy atom. The maximum absolute atomic E-state index is 15.5. The second-order valence-corrected chi connectivity index (χ2v) is 15.0.